The van der Waals surface area contributed by atoms with Crippen molar-refractivity contribution in [1.29, 1.82) is 0 Å². The molecule has 1 unspecified atom stereocenters. The van der Waals surface area contributed by atoms with Crippen LogP contribution in [0, 0.1) is 29.4 Å². The second kappa shape index (κ2) is 8.11. The van der Waals surface area contributed by atoms with Crippen LogP contribution in [0.2, 0.25) is 0 Å². The third-order valence-corrected chi connectivity index (χ3v) is 5.82. The van der Waals surface area contributed by atoms with Crippen LogP contribution < -0.4 is 4.74 Å². The molecule has 1 aromatic carbocycles. The monoisotopic (exact) mass is 348 g/mol. The van der Waals surface area contributed by atoms with Gasteiger partial charge in [0.05, 0.1) is 6.61 Å². The summed E-state index contributed by atoms with van der Waals surface area (Å²) < 4.78 is 33.6. The highest BCUT2D eigenvalue weighted by molar-refractivity contribution is 5.67. The van der Waals surface area contributed by atoms with E-state index in [1.807, 2.05) is 0 Å². The molecule has 0 spiro atoms. The van der Waals surface area contributed by atoms with E-state index in [2.05, 4.69) is 6.08 Å². The van der Waals surface area contributed by atoms with Gasteiger partial charge in [-0.1, -0.05) is 6.08 Å². The summed E-state index contributed by atoms with van der Waals surface area (Å²) >= 11 is 0. The summed E-state index contributed by atoms with van der Waals surface area (Å²) in [4.78, 5) is 10.9. The lowest BCUT2D eigenvalue weighted by Crippen LogP contribution is -2.23. The number of benzene rings is 1. The molecule has 0 saturated heterocycles. The lowest BCUT2D eigenvalue weighted by Gasteiger charge is -2.34. The van der Waals surface area contributed by atoms with Crippen molar-refractivity contribution in [3.8, 4) is 5.75 Å². The molecular weight excluding hydrogens is 322 g/mol. The van der Waals surface area contributed by atoms with Crippen molar-refractivity contribution in [3.63, 3.8) is 0 Å². The van der Waals surface area contributed by atoms with Crippen LogP contribution in [-0.2, 0) is 4.79 Å². The van der Waals surface area contributed by atoms with E-state index in [-0.39, 0.29) is 11.7 Å². The molecular formula is C21H26F2O2. The molecule has 0 aliphatic heterocycles. The van der Waals surface area contributed by atoms with E-state index in [0.717, 1.165) is 56.8 Å². The second-order valence-electron chi connectivity index (χ2n) is 7.25. The van der Waals surface area contributed by atoms with Crippen LogP contribution in [-0.4, -0.2) is 12.9 Å². The Morgan fingerprint density at radius 3 is 2.44 bits per heavy atom. The summed E-state index contributed by atoms with van der Waals surface area (Å²) in [5.74, 6) is -0.212. The van der Waals surface area contributed by atoms with Crippen molar-refractivity contribution in [2.45, 2.75) is 51.9 Å². The summed E-state index contributed by atoms with van der Waals surface area (Å²) in [6, 6.07) is 3.15. The average molecular weight is 348 g/mol. The molecule has 3 rings (SSSR count). The highest BCUT2D eigenvalue weighted by atomic mass is 19.2. The predicted molar refractivity (Wildman–Crippen MR) is 94.4 cm³/mol. The molecule has 0 heterocycles. The Labute approximate surface area is 148 Å². The van der Waals surface area contributed by atoms with E-state index in [4.69, 9.17) is 4.74 Å². The number of allylic oxidation sites excluding steroid dienone is 2. The van der Waals surface area contributed by atoms with Gasteiger partial charge in [-0.2, -0.15) is 4.39 Å². The van der Waals surface area contributed by atoms with Gasteiger partial charge in [-0.05, 0) is 81.4 Å². The van der Waals surface area contributed by atoms with Gasteiger partial charge >= 0.3 is 0 Å². The Bertz CT molecular complexity index is 646. The second-order valence-corrected chi connectivity index (χ2v) is 7.25. The van der Waals surface area contributed by atoms with E-state index in [0.29, 0.717) is 24.0 Å². The first kappa shape index (κ1) is 18.1. The van der Waals surface area contributed by atoms with Gasteiger partial charge in [0.2, 0.25) is 5.82 Å². The van der Waals surface area contributed by atoms with Crippen LogP contribution >= 0.6 is 0 Å². The number of halogens is 2. The Balaban J connectivity index is 1.67. The van der Waals surface area contributed by atoms with E-state index in [9.17, 15) is 13.6 Å². The SMILES string of the molecule is CCOc1ccc(C2=CCC(C3CCC(C=O)CC3)CC2)c(F)c1F. The van der Waals surface area contributed by atoms with Crippen LogP contribution in [0.1, 0.15) is 57.4 Å². The molecule has 25 heavy (non-hydrogen) atoms. The first-order valence-electron chi connectivity index (χ1n) is 9.39. The quantitative estimate of drug-likeness (QED) is 0.652. The zero-order chi connectivity index (χ0) is 17.8. The van der Waals surface area contributed by atoms with E-state index in [1.165, 1.54) is 6.07 Å². The summed E-state index contributed by atoms with van der Waals surface area (Å²) in [5, 5.41) is 0. The van der Waals surface area contributed by atoms with Gasteiger partial charge < -0.3 is 9.53 Å². The summed E-state index contributed by atoms with van der Waals surface area (Å²) in [6.07, 6.45) is 10.1. The van der Waals surface area contributed by atoms with Crippen molar-refractivity contribution in [2.24, 2.45) is 17.8 Å². The van der Waals surface area contributed by atoms with Crippen molar-refractivity contribution < 1.29 is 18.3 Å². The fourth-order valence-electron chi connectivity index (χ4n) is 4.33. The lowest BCUT2D eigenvalue weighted by molar-refractivity contribution is -0.112. The Morgan fingerprint density at radius 1 is 1.08 bits per heavy atom. The third kappa shape index (κ3) is 3.94. The summed E-state index contributed by atoms with van der Waals surface area (Å²) in [7, 11) is 0. The number of rotatable bonds is 5. The standard InChI is InChI=1S/C21H26F2O2/c1-2-25-19-12-11-18(20(22)21(19)23)17-9-7-16(8-10-17)15-5-3-14(13-24)4-6-15/h9,11-16H,2-8,10H2,1H3. The maximum absolute atomic E-state index is 14.4. The number of carbonyl (C=O) groups excluding carboxylic acids is 1. The average Bonchev–Trinajstić information content (AvgIpc) is 2.66. The Morgan fingerprint density at radius 2 is 1.84 bits per heavy atom. The van der Waals surface area contributed by atoms with Crippen LogP contribution in [0.4, 0.5) is 8.78 Å². The molecule has 1 atom stereocenters. The minimum absolute atomic E-state index is 0.0232. The number of ether oxygens (including phenoxy) is 1. The summed E-state index contributed by atoms with van der Waals surface area (Å²) in [5.41, 5.74) is 1.27. The smallest absolute Gasteiger partial charge is 0.201 e. The van der Waals surface area contributed by atoms with Gasteiger partial charge in [0.15, 0.2) is 11.6 Å². The van der Waals surface area contributed by atoms with Gasteiger partial charge in [-0.3, -0.25) is 0 Å². The normalized spacial score (nSPS) is 26.8. The molecule has 0 bridgehead atoms. The van der Waals surface area contributed by atoms with E-state index < -0.39 is 11.6 Å². The minimum Gasteiger partial charge on any atom is -0.491 e. The number of hydrogen-bond donors (Lipinski definition) is 0. The number of carbonyl (C=O) groups is 1. The van der Waals surface area contributed by atoms with Gasteiger partial charge in [0, 0.05) is 11.5 Å². The van der Waals surface area contributed by atoms with Crippen molar-refractivity contribution in [2.75, 3.05) is 6.61 Å². The molecule has 0 amide bonds. The molecule has 0 aromatic heterocycles. The molecule has 1 saturated carbocycles. The van der Waals surface area contributed by atoms with Crippen molar-refractivity contribution >= 4 is 11.9 Å². The maximum atomic E-state index is 14.4. The third-order valence-electron chi connectivity index (χ3n) is 5.82. The molecule has 1 fully saturated rings. The maximum Gasteiger partial charge on any atom is 0.201 e. The van der Waals surface area contributed by atoms with Crippen molar-refractivity contribution in [1.82, 2.24) is 0 Å². The fraction of sp³-hybridized carbons (Fsp3) is 0.571. The zero-order valence-electron chi connectivity index (χ0n) is 14.8. The molecule has 136 valence electrons. The predicted octanol–water partition coefficient (Wildman–Crippen LogP) is 5.55. The minimum atomic E-state index is -0.894. The molecule has 2 aliphatic carbocycles. The lowest BCUT2D eigenvalue weighted by atomic mass is 9.71. The zero-order valence-corrected chi connectivity index (χ0v) is 14.8. The van der Waals surface area contributed by atoms with E-state index in [1.54, 1.807) is 13.0 Å². The number of aldehydes is 1. The van der Waals surface area contributed by atoms with Crippen molar-refractivity contribution in [3.05, 3.63) is 35.4 Å². The molecule has 0 N–H and O–H groups in total. The molecule has 0 radical (unpaired) electrons. The molecule has 2 aliphatic rings. The van der Waals surface area contributed by atoms with Crippen LogP contribution in [0.5, 0.6) is 5.75 Å². The van der Waals surface area contributed by atoms with E-state index >= 15 is 0 Å². The van der Waals surface area contributed by atoms with Gasteiger partial charge in [-0.25, -0.2) is 4.39 Å². The Hall–Kier alpha value is -1.71. The van der Waals surface area contributed by atoms with Gasteiger partial charge in [0.25, 0.3) is 0 Å². The largest absolute Gasteiger partial charge is 0.491 e. The van der Waals surface area contributed by atoms with Gasteiger partial charge in [-0.15, -0.1) is 0 Å². The highest BCUT2D eigenvalue weighted by Crippen LogP contribution is 2.41. The summed E-state index contributed by atoms with van der Waals surface area (Å²) in [6.45, 7) is 2.06. The first-order chi connectivity index (χ1) is 12.1. The molecule has 2 nitrogen and oxygen atoms in total. The molecule has 1 aromatic rings. The van der Waals surface area contributed by atoms with Crippen LogP contribution in [0.25, 0.3) is 5.57 Å². The first-order valence-corrected chi connectivity index (χ1v) is 9.39. The molecule has 4 heteroatoms. The van der Waals surface area contributed by atoms with Gasteiger partial charge in [0.1, 0.15) is 6.29 Å². The Kier molecular flexibility index (Phi) is 5.87. The van der Waals surface area contributed by atoms with Crippen LogP contribution in [0.3, 0.4) is 0 Å². The number of hydrogen-bond acceptors (Lipinski definition) is 2. The fourth-order valence-corrected chi connectivity index (χ4v) is 4.33. The topological polar surface area (TPSA) is 26.3 Å². The highest BCUT2D eigenvalue weighted by Gasteiger charge is 2.29. The van der Waals surface area contributed by atoms with Crippen LogP contribution in [0.15, 0.2) is 18.2 Å².